The molecule has 1 aromatic carbocycles. The minimum Gasteiger partial charge on any atom is -0.771 e. The summed E-state index contributed by atoms with van der Waals surface area (Å²) in [7, 11) is 0. The van der Waals surface area contributed by atoms with Gasteiger partial charge in [0.15, 0.2) is 0 Å². The Kier molecular flexibility index (Phi) is 2.22. The summed E-state index contributed by atoms with van der Waals surface area (Å²) < 4.78 is 22.4. The van der Waals surface area contributed by atoms with Crippen LogP contribution < -0.4 is 5.73 Å². The highest BCUT2D eigenvalue weighted by atomic mass is 32.2. The molecule has 6 heteroatoms. The first kappa shape index (κ1) is 9.17. The number of anilines is 1. The van der Waals surface area contributed by atoms with Gasteiger partial charge in [0.05, 0.1) is 11.7 Å². The van der Waals surface area contributed by atoms with Crippen LogP contribution >= 0.6 is 0 Å². The fourth-order valence-electron chi connectivity index (χ4n) is 1.29. The standard InChI is InChI=1S/C8H9N3O2S/c9-7-2-1-6-4-10-11(5-14(12)13)8(6)3-7/h1-4H,5,9H2,(H,12,13)/p-1. The van der Waals surface area contributed by atoms with Gasteiger partial charge in [-0.05, 0) is 29.3 Å². The van der Waals surface area contributed by atoms with E-state index in [0.29, 0.717) is 5.69 Å². The molecule has 0 spiro atoms. The van der Waals surface area contributed by atoms with Gasteiger partial charge in [0.2, 0.25) is 0 Å². The maximum Gasteiger partial charge on any atom is 0.104 e. The summed E-state index contributed by atoms with van der Waals surface area (Å²) in [5.41, 5.74) is 6.91. The lowest BCUT2D eigenvalue weighted by molar-refractivity contribution is 0.522. The second kappa shape index (κ2) is 3.39. The Balaban J connectivity index is 2.55. The molecule has 1 atom stereocenters. The lowest BCUT2D eigenvalue weighted by atomic mass is 10.2. The van der Waals surface area contributed by atoms with Gasteiger partial charge in [0.1, 0.15) is 5.88 Å². The van der Waals surface area contributed by atoms with Gasteiger partial charge in [-0.1, -0.05) is 0 Å². The molecule has 14 heavy (non-hydrogen) atoms. The zero-order chi connectivity index (χ0) is 10.1. The summed E-state index contributed by atoms with van der Waals surface area (Å²) in [4.78, 5) is 0. The van der Waals surface area contributed by atoms with Crippen molar-refractivity contribution in [2.45, 2.75) is 5.88 Å². The third-order valence-electron chi connectivity index (χ3n) is 1.90. The van der Waals surface area contributed by atoms with Crippen molar-refractivity contribution in [1.29, 1.82) is 0 Å². The molecular weight excluding hydrogens is 202 g/mol. The molecule has 2 rings (SSSR count). The molecular formula is C8H8N3O2S-. The van der Waals surface area contributed by atoms with Gasteiger partial charge < -0.3 is 10.3 Å². The van der Waals surface area contributed by atoms with Gasteiger partial charge in [-0.25, -0.2) is 0 Å². The lowest BCUT2D eigenvalue weighted by Gasteiger charge is -2.06. The van der Waals surface area contributed by atoms with Crippen molar-refractivity contribution in [3.63, 3.8) is 0 Å². The number of aromatic nitrogens is 2. The predicted molar refractivity (Wildman–Crippen MR) is 53.1 cm³/mol. The third kappa shape index (κ3) is 1.61. The van der Waals surface area contributed by atoms with Crippen molar-refractivity contribution in [2.24, 2.45) is 0 Å². The molecule has 74 valence electrons. The first-order valence-corrected chi connectivity index (χ1v) is 5.18. The van der Waals surface area contributed by atoms with Crippen LogP contribution in [-0.4, -0.2) is 18.5 Å². The number of hydrogen-bond donors (Lipinski definition) is 1. The Morgan fingerprint density at radius 1 is 1.57 bits per heavy atom. The Hall–Kier alpha value is -1.40. The second-order valence-corrected chi connectivity index (χ2v) is 3.76. The number of nitrogen functional groups attached to an aromatic ring is 1. The predicted octanol–water partition coefficient (Wildman–Crippen LogP) is 0.455. The number of rotatable bonds is 2. The number of nitrogens with zero attached hydrogens (tertiary/aromatic N) is 2. The van der Waals surface area contributed by atoms with Crippen LogP contribution in [-0.2, 0) is 17.0 Å². The Morgan fingerprint density at radius 2 is 2.36 bits per heavy atom. The van der Waals surface area contributed by atoms with Crippen LogP contribution in [0, 0.1) is 0 Å². The topological polar surface area (TPSA) is 84.0 Å². The summed E-state index contributed by atoms with van der Waals surface area (Å²) in [5.74, 6) is -0.146. The van der Waals surface area contributed by atoms with Gasteiger partial charge in [0.25, 0.3) is 0 Å². The zero-order valence-electron chi connectivity index (χ0n) is 7.21. The molecule has 0 amide bonds. The van der Waals surface area contributed by atoms with E-state index in [4.69, 9.17) is 5.73 Å². The summed E-state index contributed by atoms with van der Waals surface area (Å²) >= 11 is -2.15. The van der Waals surface area contributed by atoms with Crippen LogP contribution in [0.4, 0.5) is 5.69 Å². The molecule has 1 heterocycles. The maximum absolute atomic E-state index is 10.5. The molecule has 0 aliphatic rings. The quantitative estimate of drug-likeness (QED) is 0.576. The van der Waals surface area contributed by atoms with Gasteiger partial charge >= 0.3 is 0 Å². The van der Waals surface area contributed by atoms with Crippen LogP contribution in [0.1, 0.15) is 0 Å². The molecule has 2 aromatic rings. The summed E-state index contributed by atoms with van der Waals surface area (Å²) in [6, 6.07) is 5.26. The van der Waals surface area contributed by atoms with Crippen LogP contribution in [0.15, 0.2) is 24.4 Å². The minimum absolute atomic E-state index is 0.146. The highest BCUT2D eigenvalue weighted by Crippen LogP contribution is 2.16. The lowest BCUT2D eigenvalue weighted by Crippen LogP contribution is -2.05. The van der Waals surface area contributed by atoms with Gasteiger partial charge in [0, 0.05) is 11.1 Å². The summed E-state index contributed by atoms with van der Waals surface area (Å²) in [6.07, 6.45) is 1.61. The Bertz CT molecular complexity index is 494. The first-order chi connectivity index (χ1) is 6.66. The number of benzene rings is 1. The van der Waals surface area contributed by atoms with E-state index in [1.54, 1.807) is 18.3 Å². The molecule has 0 fully saturated rings. The highest BCUT2D eigenvalue weighted by molar-refractivity contribution is 7.78. The van der Waals surface area contributed by atoms with E-state index in [1.807, 2.05) is 6.07 Å². The third-order valence-corrected chi connectivity index (χ3v) is 2.35. The largest absolute Gasteiger partial charge is 0.771 e. The number of hydrogen-bond acceptors (Lipinski definition) is 4. The van der Waals surface area contributed by atoms with Crippen molar-refractivity contribution in [3.05, 3.63) is 24.4 Å². The molecule has 2 N–H and O–H groups in total. The maximum atomic E-state index is 10.5. The fourth-order valence-corrected chi connectivity index (χ4v) is 1.70. The molecule has 1 unspecified atom stereocenters. The van der Waals surface area contributed by atoms with Gasteiger partial charge in [-0.3, -0.25) is 8.89 Å². The molecule has 0 saturated heterocycles. The summed E-state index contributed by atoms with van der Waals surface area (Å²) in [5, 5.41) is 4.82. The molecule has 1 aromatic heterocycles. The van der Waals surface area contributed by atoms with Gasteiger partial charge in [-0.2, -0.15) is 5.10 Å². The van der Waals surface area contributed by atoms with E-state index in [1.165, 1.54) is 4.68 Å². The SMILES string of the molecule is Nc1ccc2cnn(CS(=O)[O-])c2c1. The van der Waals surface area contributed by atoms with Crippen LogP contribution in [0.2, 0.25) is 0 Å². The normalized spacial score (nSPS) is 13.2. The monoisotopic (exact) mass is 210 g/mol. The fraction of sp³-hybridized carbons (Fsp3) is 0.125. The van der Waals surface area contributed by atoms with E-state index in [2.05, 4.69) is 5.10 Å². The minimum atomic E-state index is -2.15. The van der Waals surface area contributed by atoms with E-state index in [0.717, 1.165) is 10.9 Å². The number of nitrogens with two attached hydrogens (primary N) is 1. The summed E-state index contributed by atoms with van der Waals surface area (Å²) in [6.45, 7) is 0. The van der Waals surface area contributed by atoms with Crippen molar-refractivity contribution in [3.8, 4) is 0 Å². The molecule has 5 nitrogen and oxygen atoms in total. The Labute approximate surface area is 82.8 Å². The highest BCUT2D eigenvalue weighted by Gasteiger charge is 2.02. The average molecular weight is 210 g/mol. The molecule has 0 saturated carbocycles. The number of fused-ring (bicyclic) bond motifs is 1. The van der Waals surface area contributed by atoms with Crippen molar-refractivity contribution in [1.82, 2.24) is 9.78 Å². The van der Waals surface area contributed by atoms with E-state index >= 15 is 0 Å². The molecule has 0 radical (unpaired) electrons. The van der Waals surface area contributed by atoms with Crippen molar-refractivity contribution < 1.29 is 8.76 Å². The van der Waals surface area contributed by atoms with E-state index in [-0.39, 0.29) is 5.88 Å². The van der Waals surface area contributed by atoms with Crippen molar-refractivity contribution >= 4 is 27.7 Å². The second-order valence-electron chi connectivity index (χ2n) is 2.90. The molecule has 0 aliphatic carbocycles. The average Bonchev–Trinajstić information content (AvgIpc) is 2.47. The van der Waals surface area contributed by atoms with E-state index in [9.17, 15) is 8.76 Å². The van der Waals surface area contributed by atoms with Crippen LogP contribution in [0.25, 0.3) is 10.9 Å². The van der Waals surface area contributed by atoms with Crippen LogP contribution in [0.3, 0.4) is 0 Å². The molecule has 0 bridgehead atoms. The first-order valence-electron chi connectivity index (χ1n) is 3.94. The van der Waals surface area contributed by atoms with Crippen LogP contribution in [0.5, 0.6) is 0 Å². The Morgan fingerprint density at radius 3 is 3.07 bits per heavy atom. The smallest absolute Gasteiger partial charge is 0.104 e. The van der Waals surface area contributed by atoms with Crippen molar-refractivity contribution in [2.75, 3.05) is 5.73 Å². The molecule has 0 aliphatic heterocycles. The van der Waals surface area contributed by atoms with E-state index < -0.39 is 11.1 Å². The zero-order valence-corrected chi connectivity index (χ0v) is 8.03. The van der Waals surface area contributed by atoms with Gasteiger partial charge in [-0.15, -0.1) is 0 Å².